The molecule has 0 aliphatic heterocycles. The number of carboxylic acid groups (broad SMARTS) is 12. The molecule has 0 aliphatic rings. The van der Waals surface area contributed by atoms with Gasteiger partial charge in [0.2, 0.25) is 0 Å². The Hall–Kier alpha value is 0.360. The molecule has 0 amide bonds. The van der Waals surface area contributed by atoms with Gasteiger partial charge in [-0.2, -0.15) is 0 Å². The van der Waals surface area contributed by atoms with E-state index in [0.717, 1.165) is 0 Å². The van der Waals surface area contributed by atoms with Crippen LogP contribution < -0.4 is 61.3 Å². The fraction of sp³-hybridized carbons (Fsp3) is 0. The summed E-state index contributed by atoms with van der Waals surface area (Å²) in [5.74, 6) is 0. The quantitative estimate of drug-likeness (QED) is 0.203. The van der Waals surface area contributed by atoms with Crippen LogP contribution in [0.1, 0.15) is 0 Å². The van der Waals surface area contributed by atoms with E-state index in [1.165, 1.54) is 0 Å². The van der Waals surface area contributed by atoms with E-state index in [1.807, 2.05) is 0 Å². The average Bonchev–Trinajstić information content (AvgIpc) is 2.08. The Morgan fingerprint density at radius 1 is 0.234 bits per heavy atom. The topological polar surface area (TPSA) is 762 Å². The fourth-order valence-corrected chi connectivity index (χ4v) is 0. The summed E-state index contributed by atoms with van der Waals surface area (Å²) in [6, 6.07) is 0. The van der Waals surface area contributed by atoms with Gasteiger partial charge in [0.1, 0.15) is 0 Å². The predicted molar refractivity (Wildman–Crippen MR) is 80.5 cm³/mol. The zero-order valence-corrected chi connectivity index (χ0v) is 31.9. The largest absolute Gasteiger partial charge is 3.00 e. The van der Waals surface area contributed by atoms with E-state index < -0.39 is 36.9 Å². The van der Waals surface area contributed by atoms with Crippen molar-refractivity contribution in [3.63, 3.8) is 0 Å². The molecule has 0 unspecified atom stereocenters. The monoisotopic (exact) mass is 990 g/mol. The third-order valence-corrected chi connectivity index (χ3v) is 0. The van der Waals surface area contributed by atoms with Crippen molar-refractivity contribution in [1.82, 2.24) is 0 Å². The average molecular weight is 990 g/mol. The minimum atomic E-state index is -2.33. The van der Waals surface area contributed by atoms with Gasteiger partial charge in [0.05, 0.1) is 0 Å². The first kappa shape index (κ1) is 302. The van der Waals surface area contributed by atoms with Crippen molar-refractivity contribution < 1.29 is 247 Å². The van der Waals surface area contributed by atoms with Crippen molar-refractivity contribution in [3.05, 3.63) is 0 Å². The Bertz CT molecular complexity index is 300. The van der Waals surface area contributed by atoms with Gasteiger partial charge >= 0.3 is 172 Å². The second-order valence-corrected chi connectivity index (χ2v) is 1.50. The summed E-state index contributed by atoms with van der Waals surface area (Å²) in [6.07, 6.45) is -14.0. The number of carbonyl (C=O) groups is 6. The SMILES string of the molecule is O.O=C([O-])[O-].O=C([O-])[O-].O=C([O-])[O-].O=C([O-])[O-].O=C([O-])[O-].O=C([O-])[O-].[Al+3].[Al+3].[Al+3].[Al+3].[Al+3].[Fe+3].[Fe+3].[Fe+3].[Fe+3].[Fe+3].[O-2].[O-2].[O-2].[O-2].[O-2].[O-2].[OH-].[OH-].[OH-].[OH-].[OH-].[OH-]. The van der Waals surface area contributed by atoms with Gasteiger partial charge in [-0.25, -0.2) is 0 Å². The Balaban J connectivity index is -0.00000000279. The van der Waals surface area contributed by atoms with Gasteiger partial charge in [0.25, 0.3) is 0 Å². The molecule has 0 rings (SSSR count). The van der Waals surface area contributed by atoms with Crippen molar-refractivity contribution in [2.24, 2.45) is 0 Å². The van der Waals surface area contributed by atoms with Crippen LogP contribution in [0.4, 0.5) is 28.8 Å². The van der Waals surface area contributed by atoms with Crippen molar-refractivity contribution in [1.29, 1.82) is 0 Å². The first-order valence-electron chi connectivity index (χ1n) is 3.67. The van der Waals surface area contributed by atoms with Gasteiger partial charge < -0.3 is 161 Å². The van der Waals surface area contributed by atoms with Crippen molar-refractivity contribution in [2.45, 2.75) is 0 Å². The number of carbonyl (C=O) groups excluding carboxylic acids is 6. The molecule has 41 heteroatoms. The Morgan fingerprint density at radius 3 is 0.234 bits per heavy atom. The molecule has 0 aliphatic carbocycles. The summed E-state index contributed by atoms with van der Waals surface area (Å²) in [5.41, 5.74) is 0. The summed E-state index contributed by atoms with van der Waals surface area (Å²) in [6.45, 7) is 0. The zero-order chi connectivity index (χ0) is 21.5. The molecular formula is C6H8Al5Fe5O31. The maximum Gasteiger partial charge on any atom is 3.00 e. The van der Waals surface area contributed by atoms with Gasteiger partial charge in [-0.15, -0.1) is 0 Å². The normalized spacial score (nSPS) is 3.06. The van der Waals surface area contributed by atoms with Gasteiger partial charge in [0, 0.05) is 0 Å². The molecule has 0 aromatic heterocycles. The second-order valence-electron chi connectivity index (χ2n) is 1.50. The van der Waals surface area contributed by atoms with Crippen LogP contribution in [0.25, 0.3) is 0 Å². The van der Waals surface area contributed by atoms with Crippen LogP contribution in [-0.4, -0.2) is 162 Å². The van der Waals surface area contributed by atoms with E-state index in [4.69, 9.17) is 90.0 Å². The number of hydrogen-bond donors (Lipinski definition) is 0. The van der Waals surface area contributed by atoms with Crippen LogP contribution in [0.5, 0.6) is 0 Å². The standard InChI is InChI=1S/6CH2O3.5Al.5Fe.7H2O.6O/c6*2-1(3)4;;;;;;;;;;;;;;;;;;;;;;;/h6*(H2,2,3,4);;;;;;;;;;;7*1H2;;;;;;/q;;;;;;10*+3;;;;;;;;6*-2/p-18. The molecule has 0 aromatic carbocycles. The van der Waals surface area contributed by atoms with Crippen LogP contribution in [0, 0.1) is 0 Å². The molecule has 0 atom stereocenters. The smallest absolute Gasteiger partial charge is 2.00 e. The second kappa shape index (κ2) is 283. The van der Waals surface area contributed by atoms with Gasteiger partial charge in [0.15, 0.2) is 0 Å². The van der Waals surface area contributed by atoms with Gasteiger partial charge in [-0.05, 0) is 36.9 Å². The molecule has 273 valence electrons. The van der Waals surface area contributed by atoms with E-state index in [9.17, 15) is 0 Å². The third-order valence-electron chi connectivity index (χ3n) is 0. The molecule has 0 aromatic rings. The number of rotatable bonds is 0. The zero-order valence-electron chi connectivity index (χ0n) is 20.6. The van der Waals surface area contributed by atoms with Crippen LogP contribution in [0.3, 0.4) is 0 Å². The minimum absolute atomic E-state index is 0. The molecule has 8 N–H and O–H groups in total. The minimum Gasteiger partial charge on any atom is -2.00 e. The molecule has 5 radical (unpaired) electrons. The Morgan fingerprint density at radius 2 is 0.234 bits per heavy atom. The van der Waals surface area contributed by atoms with Crippen molar-refractivity contribution >= 4 is 124 Å². The van der Waals surface area contributed by atoms with Crippen LogP contribution in [0.15, 0.2) is 0 Å². The molecule has 0 spiro atoms. The maximum atomic E-state index is 8.33. The fourth-order valence-electron chi connectivity index (χ4n) is 0. The molecule has 0 bridgehead atoms. The molecule has 31 nitrogen and oxygen atoms in total. The molecule has 0 fully saturated rings. The van der Waals surface area contributed by atoms with E-state index in [2.05, 4.69) is 0 Å². The molecular weight excluding hydrogens is 982 g/mol. The van der Waals surface area contributed by atoms with E-state index in [0.29, 0.717) is 0 Å². The van der Waals surface area contributed by atoms with E-state index >= 15 is 0 Å². The first-order valence-corrected chi connectivity index (χ1v) is 3.67. The van der Waals surface area contributed by atoms with Gasteiger partial charge in [-0.1, -0.05) is 0 Å². The summed E-state index contributed by atoms with van der Waals surface area (Å²) in [5, 5.41) is 100. The van der Waals surface area contributed by atoms with E-state index in [1.54, 1.807) is 0 Å². The summed E-state index contributed by atoms with van der Waals surface area (Å²) in [4.78, 5) is 50.0. The van der Waals surface area contributed by atoms with Crippen molar-refractivity contribution in [2.75, 3.05) is 0 Å². The first-order chi connectivity index (χ1) is 10.4. The van der Waals surface area contributed by atoms with Crippen molar-refractivity contribution in [3.8, 4) is 0 Å². The molecule has 0 saturated heterocycles. The summed E-state index contributed by atoms with van der Waals surface area (Å²) >= 11 is 0. The van der Waals surface area contributed by atoms with E-state index in [-0.39, 0.29) is 243 Å². The summed E-state index contributed by atoms with van der Waals surface area (Å²) < 4.78 is 0. The third kappa shape index (κ3) is 705000. The molecule has 47 heavy (non-hydrogen) atoms. The van der Waals surface area contributed by atoms with Crippen LogP contribution in [0.2, 0.25) is 0 Å². The Labute approximate surface area is 367 Å². The predicted octanol–water partition coefficient (Wildman–Crippen LogP) is -19.2. The van der Waals surface area contributed by atoms with Gasteiger partial charge in [-0.3, -0.25) is 0 Å². The molecule has 0 heterocycles. The Kier molecular flexibility index (Phi) is 1820. The maximum absolute atomic E-state index is 8.33. The van der Waals surface area contributed by atoms with Crippen LogP contribution >= 0.6 is 0 Å². The molecule has 0 saturated carbocycles. The van der Waals surface area contributed by atoms with Crippen LogP contribution in [-0.2, 0) is 118 Å². The summed E-state index contributed by atoms with van der Waals surface area (Å²) in [7, 11) is 0. The number of hydrogen-bond acceptors (Lipinski definition) is 24.